The summed E-state index contributed by atoms with van der Waals surface area (Å²) in [6, 6.07) is 0.150. The normalized spacial score (nSPS) is 17.1. The number of carbonyl (C=O) groups is 1. The van der Waals surface area contributed by atoms with Crippen LogP contribution in [0.5, 0.6) is 0 Å². The van der Waals surface area contributed by atoms with E-state index in [4.69, 9.17) is 0 Å². The van der Waals surface area contributed by atoms with Gasteiger partial charge in [-0.25, -0.2) is 4.98 Å². The van der Waals surface area contributed by atoms with Crippen molar-refractivity contribution < 1.29 is 4.79 Å². The zero-order valence-corrected chi connectivity index (χ0v) is 11.1. The molecule has 4 heteroatoms. The van der Waals surface area contributed by atoms with Gasteiger partial charge in [-0.3, -0.25) is 4.79 Å². The zero-order valence-electron chi connectivity index (χ0n) is 11.1. The largest absolute Gasteiger partial charge is 0.350 e. The van der Waals surface area contributed by atoms with E-state index in [1.165, 1.54) is 18.4 Å². The van der Waals surface area contributed by atoms with Crippen LogP contribution in [-0.4, -0.2) is 21.9 Å². The number of nitrogens with zero attached hydrogens (tertiary/aromatic N) is 1. The van der Waals surface area contributed by atoms with E-state index in [0.717, 1.165) is 24.2 Å². The number of carbonyl (C=O) groups excluding carboxylic acids is 1. The third kappa shape index (κ3) is 3.22. The Morgan fingerprint density at radius 1 is 1.56 bits per heavy atom. The molecule has 1 aromatic heterocycles. The van der Waals surface area contributed by atoms with E-state index < -0.39 is 0 Å². The Bertz CT molecular complexity index is 448. The summed E-state index contributed by atoms with van der Waals surface area (Å²) in [7, 11) is 0. The van der Waals surface area contributed by atoms with Crippen molar-refractivity contribution in [1.82, 2.24) is 15.3 Å². The second kappa shape index (κ2) is 5.85. The van der Waals surface area contributed by atoms with E-state index in [1.54, 1.807) is 6.33 Å². The maximum atomic E-state index is 11.9. The molecular weight excluding hydrogens is 226 g/mol. The van der Waals surface area contributed by atoms with Gasteiger partial charge in [0, 0.05) is 11.7 Å². The number of aromatic amines is 1. The molecule has 18 heavy (non-hydrogen) atoms. The lowest BCUT2D eigenvalue weighted by Crippen LogP contribution is -2.35. The summed E-state index contributed by atoms with van der Waals surface area (Å²) < 4.78 is 0. The van der Waals surface area contributed by atoms with Crippen LogP contribution in [0.3, 0.4) is 0 Å². The van der Waals surface area contributed by atoms with E-state index in [1.807, 2.05) is 6.92 Å². The maximum absolute atomic E-state index is 11.9. The van der Waals surface area contributed by atoms with Gasteiger partial charge in [0.1, 0.15) is 0 Å². The predicted molar refractivity (Wildman–Crippen MR) is 71.2 cm³/mol. The average Bonchev–Trinajstić information content (AvgIpc) is 2.76. The first-order valence-corrected chi connectivity index (χ1v) is 6.64. The Morgan fingerprint density at radius 2 is 2.39 bits per heavy atom. The van der Waals surface area contributed by atoms with Crippen molar-refractivity contribution in [3.8, 4) is 0 Å². The van der Waals surface area contributed by atoms with Crippen LogP contribution in [0.2, 0.25) is 0 Å². The first kappa shape index (κ1) is 12.9. The minimum atomic E-state index is 0.0455. The first-order valence-electron chi connectivity index (χ1n) is 6.64. The van der Waals surface area contributed by atoms with Gasteiger partial charge in [0.15, 0.2) is 0 Å². The summed E-state index contributed by atoms with van der Waals surface area (Å²) in [6.45, 7) is 4.00. The van der Waals surface area contributed by atoms with Crippen LogP contribution < -0.4 is 5.32 Å². The highest BCUT2D eigenvalue weighted by atomic mass is 16.1. The van der Waals surface area contributed by atoms with Crippen molar-refractivity contribution in [2.45, 2.75) is 52.0 Å². The fourth-order valence-corrected chi connectivity index (χ4v) is 2.36. The van der Waals surface area contributed by atoms with Crippen molar-refractivity contribution >= 4 is 5.91 Å². The predicted octanol–water partition coefficient (Wildman–Crippen LogP) is 2.27. The van der Waals surface area contributed by atoms with Crippen molar-refractivity contribution in [3.05, 3.63) is 29.4 Å². The number of imidazole rings is 1. The number of H-pyrrole nitrogens is 1. The first-order chi connectivity index (χ1) is 8.66. The Morgan fingerprint density at radius 3 is 3.00 bits per heavy atom. The second-order valence-corrected chi connectivity index (χ2v) is 4.97. The number of hydrogen-bond donors (Lipinski definition) is 2. The topological polar surface area (TPSA) is 57.8 Å². The van der Waals surface area contributed by atoms with Gasteiger partial charge in [-0.15, -0.1) is 0 Å². The van der Waals surface area contributed by atoms with Crippen molar-refractivity contribution in [3.63, 3.8) is 0 Å². The van der Waals surface area contributed by atoms with Gasteiger partial charge in [-0.1, -0.05) is 11.6 Å². The van der Waals surface area contributed by atoms with Gasteiger partial charge in [0.05, 0.1) is 18.4 Å². The van der Waals surface area contributed by atoms with Crippen LogP contribution in [0.1, 0.15) is 44.0 Å². The molecule has 1 aliphatic rings. The van der Waals surface area contributed by atoms with Gasteiger partial charge in [-0.2, -0.15) is 0 Å². The highest BCUT2D eigenvalue weighted by Crippen LogP contribution is 2.20. The molecule has 0 spiro atoms. The highest BCUT2D eigenvalue weighted by Gasteiger charge is 2.15. The standard InChI is InChI=1S/C14H21N3O/c1-10(12-6-4-3-5-7-12)17-14(18)8-13-11(2)15-9-16-13/h6,9-10H,3-5,7-8H2,1-2H3,(H,15,16)(H,17,18). The molecule has 98 valence electrons. The number of allylic oxidation sites excluding steroid dienone is 1. The van der Waals surface area contributed by atoms with Gasteiger partial charge >= 0.3 is 0 Å². The lowest BCUT2D eigenvalue weighted by Gasteiger charge is -2.20. The van der Waals surface area contributed by atoms with E-state index in [2.05, 4.69) is 28.3 Å². The molecule has 0 saturated carbocycles. The van der Waals surface area contributed by atoms with Gasteiger partial charge < -0.3 is 10.3 Å². The van der Waals surface area contributed by atoms with Gasteiger partial charge in [0.2, 0.25) is 5.91 Å². The molecule has 1 aromatic rings. The number of aryl methyl sites for hydroxylation is 1. The third-order valence-corrected chi connectivity index (χ3v) is 3.52. The Balaban J connectivity index is 1.87. The minimum Gasteiger partial charge on any atom is -0.350 e. The SMILES string of the molecule is Cc1[nH]cnc1CC(=O)NC(C)C1=CCCCC1. The van der Waals surface area contributed by atoms with E-state index in [9.17, 15) is 4.79 Å². The van der Waals surface area contributed by atoms with E-state index in [0.29, 0.717) is 6.42 Å². The van der Waals surface area contributed by atoms with Crippen LogP contribution >= 0.6 is 0 Å². The molecule has 1 atom stereocenters. The molecule has 0 fully saturated rings. The number of aromatic nitrogens is 2. The molecule has 2 N–H and O–H groups in total. The quantitative estimate of drug-likeness (QED) is 0.802. The number of rotatable bonds is 4. The number of hydrogen-bond acceptors (Lipinski definition) is 2. The molecule has 0 aromatic carbocycles. The van der Waals surface area contributed by atoms with E-state index >= 15 is 0 Å². The molecule has 0 bridgehead atoms. The fourth-order valence-electron chi connectivity index (χ4n) is 2.36. The summed E-state index contributed by atoms with van der Waals surface area (Å²) >= 11 is 0. The van der Waals surface area contributed by atoms with Crippen LogP contribution in [0, 0.1) is 6.92 Å². The maximum Gasteiger partial charge on any atom is 0.226 e. The summed E-state index contributed by atoms with van der Waals surface area (Å²) in [5.41, 5.74) is 3.17. The molecule has 0 radical (unpaired) electrons. The molecular formula is C14H21N3O. The number of nitrogens with one attached hydrogen (secondary N) is 2. The summed E-state index contributed by atoms with van der Waals surface area (Å²) in [5, 5.41) is 3.05. The Hall–Kier alpha value is -1.58. The minimum absolute atomic E-state index is 0.0455. The monoisotopic (exact) mass is 247 g/mol. The third-order valence-electron chi connectivity index (χ3n) is 3.52. The lowest BCUT2D eigenvalue weighted by atomic mass is 9.94. The van der Waals surface area contributed by atoms with Crippen LogP contribution in [-0.2, 0) is 11.2 Å². The average molecular weight is 247 g/mol. The molecule has 1 aliphatic carbocycles. The van der Waals surface area contributed by atoms with E-state index in [-0.39, 0.29) is 11.9 Å². The van der Waals surface area contributed by atoms with Gasteiger partial charge in [0.25, 0.3) is 0 Å². The molecule has 4 nitrogen and oxygen atoms in total. The summed E-state index contributed by atoms with van der Waals surface area (Å²) in [4.78, 5) is 19.1. The van der Waals surface area contributed by atoms with Crippen LogP contribution in [0.15, 0.2) is 18.0 Å². The molecule has 0 saturated heterocycles. The smallest absolute Gasteiger partial charge is 0.226 e. The molecule has 2 rings (SSSR count). The summed E-state index contributed by atoms with van der Waals surface area (Å²) in [6.07, 6.45) is 9.03. The van der Waals surface area contributed by atoms with Crippen molar-refractivity contribution in [2.75, 3.05) is 0 Å². The lowest BCUT2D eigenvalue weighted by molar-refractivity contribution is -0.120. The highest BCUT2D eigenvalue weighted by molar-refractivity contribution is 5.79. The molecule has 1 amide bonds. The van der Waals surface area contributed by atoms with Gasteiger partial charge in [-0.05, 0) is 39.5 Å². The molecule has 1 heterocycles. The second-order valence-electron chi connectivity index (χ2n) is 4.97. The zero-order chi connectivity index (χ0) is 13.0. The van der Waals surface area contributed by atoms with Crippen LogP contribution in [0.25, 0.3) is 0 Å². The van der Waals surface area contributed by atoms with Crippen molar-refractivity contribution in [2.24, 2.45) is 0 Å². The molecule has 0 aliphatic heterocycles. The Labute approximate surface area is 108 Å². The van der Waals surface area contributed by atoms with Crippen molar-refractivity contribution in [1.29, 1.82) is 0 Å². The summed E-state index contributed by atoms with van der Waals surface area (Å²) in [5.74, 6) is 0.0455. The fraction of sp³-hybridized carbons (Fsp3) is 0.571. The molecule has 1 unspecified atom stereocenters. The number of amides is 1. The van der Waals surface area contributed by atoms with Crippen LogP contribution in [0.4, 0.5) is 0 Å². The Kier molecular flexibility index (Phi) is 4.18.